The summed E-state index contributed by atoms with van der Waals surface area (Å²) in [7, 11) is 0. The molecule has 1 saturated carbocycles. The predicted octanol–water partition coefficient (Wildman–Crippen LogP) is 5.38. The highest BCUT2D eigenvalue weighted by Crippen LogP contribution is 2.32. The molecule has 9 heteroatoms. The first-order valence-electron chi connectivity index (χ1n) is 11.1. The molecule has 1 heterocycles. The maximum atomic E-state index is 13.0. The summed E-state index contributed by atoms with van der Waals surface area (Å²) < 4.78 is 11.6. The molecule has 0 unspecified atom stereocenters. The highest BCUT2D eigenvalue weighted by Gasteiger charge is 2.40. The van der Waals surface area contributed by atoms with Crippen molar-refractivity contribution in [2.45, 2.75) is 45.3 Å². The summed E-state index contributed by atoms with van der Waals surface area (Å²) >= 11 is 12.2. The monoisotopic (exact) mass is 502 g/mol. The Morgan fingerprint density at radius 3 is 2.50 bits per heavy atom. The molecule has 2 aromatic rings. The van der Waals surface area contributed by atoms with Crippen LogP contribution in [0.2, 0.25) is 10.0 Å². The molecule has 4 rings (SSSR count). The van der Waals surface area contributed by atoms with Crippen LogP contribution in [0, 0.1) is 0 Å². The number of carbonyl (C=O) groups excluding carboxylic acids is 3. The third kappa shape index (κ3) is 5.21. The molecule has 2 aliphatic rings. The second kappa shape index (κ2) is 10.5. The molecule has 0 atom stereocenters. The molecule has 1 N–H and O–H groups in total. The first-order chi connectivity index (χ1) is 16.4. The van der Waals surface area contributed by atoms with Gasteiger partial charge in [0.1, 0.15) is 12.2 Å². The van der Waals surface area contributed by atoms with Gasteiger partial charge >= 0.3 is 6.03 Å². The highest BCUT2D eigenvalue weighted by atomic mass is 35.5. The molecule has 7 nitrogen and oxygen atoms in total. The van der Waals surface area contributed by atoms with E-state index in [2.05, 4.69) is 5.32 Å². The fourth-order valence-electron chi connectivity index (χ4n) is 4.13. The lowest BCUT2D eigenvalue weighted by Crippen LogP contribution is -2.57. The van der Waals surface area contributed by atoms with E-state index >= 15 is 0 Å². The first-order valence-corrected chi connectivity index (χ1v) is 11.9. The summed E-state index contributed by atoms with van der Waals surface area (Å²) in [5.41, 5.74) is 1.25. The van der Waals surface area contributed by atoms with Crippen LogP contribution in [-0.4, -0.2) is 35.4 Å². The van der Waals surface area contributed by atoms with Gasteiger partial charge in [-0.25, -0.2) is 4.79 Å². The Morgan fingerprint density at radius 1 is 1.03 bits per heavy atom. The number of urea groups is 1. The highest BCUT2D eigenvalue weighted by molar-refractivity contribution is 6.35. The number of carbonyl (C=O) groups is 3. The fourth-order valence-corrected chi connectivity index (χ4v) is 4.59. The second-order valence-electron chi connectivity index (χ2n) is 8.09. The molecule has 178 valence electrons. The molecule has 0 bridgehead atoms. The Kier molecular flexibility index (Phi) is 7.44. The zero-order chi connectivity index (χ0) is 24.2. The molecular formula is C25H24Cl2N2O5. The Hall–Kier alpha value is -3.03. The van der Waals surface area contributed by atoms with Gasteiger partial charge in [-0.3, -0.25) is 19.8 Å². The number of amides is 4. The number of barbiturate groups is 1. The molecule has 2 aromatic carbocycles. The van der Waals surface area contributed by atoms with Gasteiger partial charge in [-0.2, -0.15) is 0 Å². The lowest BCUT2D eigenvalue weighted by molar-refractivity contribution is -0.131. The van der Waals surface area contributed by atoms with E-state index in [-0.39, 0.29) is 18.2 Å². The van der Waals surface area contributed by atoms with Gasteiger partial charge < -0.3 is 9.47 Å². The van der Waals surface area contributed by atoms with E-state index in [4.69, 9.17) is 32.7 Å². The van der Waals surface area contributed by atoms with Crippen LogP contribution in [0.25, 0.3) is 6.08 Å². The van der Waals surface area contributed by atoms with E-state index in [1.54, 1.807) is 36.4 Å². The van der Waals surface area contributed by atoms with Gasteiger partial charge in [0.25, 0.3) is 11.8 Å². The van der Waals surface area contributed by atoms with Crippen molar-refractivity contribution >= 4 is 47.1 Å². The summed E-state index contributed by atoms with van der Waals surface area (Å²) in [6, 6.07) is 9.43. The first kappa shape index (κ1) is 24.1. The lowest BCUT2D eigenvalue weighted by Gasteiger charge is -2.31. The molecule has 34 heavy (non-hydrogen) atoms. The Morgan fingerprint density at radius 2 is 1.79 bits per heavy atom. The minimum atomic E-state index is -0.708. The molecular weight excluding hydrogens is 479 g/mol. The largest absolute Gasteiger partial charge is 0.490 e. The van der Waals surface area contributed by atoms with Crippen LogP contribution in [0.4, 0.5) is 4.79 Å². The number of benzene rings is 2. The predicted molar refractivity (Wildman–Crippen MR) is 129 cm³/mol. The van der Waals surface area contributed by atoms with Crippen molar-refractivity contribution in [3.8, 4) is 11.5 Å². The number of nitrogens with zero attached hydrogens (tertiary/aromatic N) is 1. The smallest absolute Gasteiger partial charge is 0.331 e. The van der Waals surface area contributed by atoms with E-state index in [0.717, 1.165) is 31.2 Å². The quantitative estimate of drug-likeness (QED) is 0.406. The third-order valence-corrected chi connectivity index (χ3v) is 6.39. The number of rotatable bonds is 7. The van der Waals surface area contributed by atoms with Crippen molar-refractivity contribution < 1.29 is 23.9 Å². The third-order valence-electron chi connectivity index (χ3n) is 5.80. The average molecular weight is 503 g/mol. The minimum Gasteiger partial charge on any atom is -0.490 e. The van der Waals surface area contributed by atoms with Gasteiger partial charge in [0.2, 0.25) is 0 Å². The van der Waals surface area contributed by atoms with Crippen LogP contribution in [0.1, 0.15) is 43.7 Å². The van der Waals surface area contributed by atoms with Crippen molar-refractivity contribution in [3.63, 3.8) is 0 Å². The van der Waals surface area contributed by atoms with E-state index in [1.807, 2.05) is 6.92 Å². The van der Waals surface area contributed by atoms with Crippen LogP contribution in [0.5, 0.6) is 11.5 Å². The maximum Gasteiger partial charge on any atom is 0.331 e. The molecule has 0 spiro atoms. The van der Waals surface area contributed by atoms with Gasteiger partial charge in [0.05, 0.1) is 6.61 Å². The van der Waals surface area contributed by atoms with Crippen molar-refractivity contribution in [3.05, 3.63) is 63.1 Å². The maximum absolute atomic E-state index is 13.0. The van der Waals surface area contributed by atoms with Crippen LogP contribution >= 0.6 is 23.2 Å². The van der Waals surface area contributed by atoms with Crippen LogP contribution in [0.15, 0.2) is 42.0 Å². The Bertz CT molecular complexity index is 1160. The molecule has 4 amide bonds. The van der Waals surface area contributed by atoms with Gasteiger partial charge in [-0.05, 0) is 55.7 Å². The zero-order valence-electron chi connectivity index (χ0n) is 18.6. The van der Waals surface area contributed by atoms with Gasteiger partial charge in [-0.1, -0.05) is 48.2 Å². The fraction of sp³-hybridized carbons (Fsp3) is 0.320. The van der Waals surface area contributed by atoms with Crippen LogP contribution in [0.3, 0.4) is 0 Å². The van der Waals surface area contributed by atoms with E-state index < -0.39 is 17.8 Å². The van der Waals surface area contributed by atoms with E-state index in [9.17, 15) is 14.4 Å². The molecule has 2 fully saturated rings. The number of ether oxygens (including phenoxy) is 2. The zero-order valence-corrected chi connectivity index (χ0v) is 20.1. The average Bonchev–Trinajstić information content (AvgIpc) is 3.31. The van der Waals surface area contributed by atoms with E-state index in [0.29, 0.717) is 33.7 Å². The summed E-state index contributed by atoms with van der Waals surface area (Å²) in [4.78, 5) is 39.0. The summed E-state index contributed by atoms with van der Waals surface area (Å²) in [5.74, 6) is -0.345. The number of nitrogens with one attached hydrogen (secondary N) is 1. The summed E-state index contributed by atoms with van der Waals surface area (Å²) in [5, 5.41) is 3.32. The number of hydrogen-bond donors (Lipinski definition) is 1. The van der Waals surface area contributed by atoms with Gasteiger partial charge in [0.15, 0.2) is 11.5 Å². The molecule has 1 aliphatic heterocycles. The summed E-state index contributed by atoms with van der Waals surface area (Å²) in [6.07, 6.45) is 4.87. The van der Waals surface area contributed by atoms with Gasteiger partial charge in [0, 0.05) is 21.7 Å². The minimum absolute atomic E-state index is 0.0874. The Balaban J connectivity index is 1.57. The molecule has 0 aromatic heterocycles. The van der Waals surface area contributed by atoms with Crippen molar-refractivity contribution in [2.24, 2.45) is 0 Å². The SMILES string of the molecule is CCOc1cc(/C=C2\C(=O)NC(=O)N(C3CCCC3)C2=O)ccc1OCc1ccc(Cl)cc1Cl. The van der Waals surface area contributed by atoms with Crippen LogP contribution in [-0.2, 0) is 16.2 Å². The van der Waals surface area contributed by atoms with Crippen LogP contribution < -0.4 is 14.8 Å². The molecule has 0 radical (unpaired) electrons. The van der Waals surface area contributed by atoms with Gasteiger partial charge in [-0.15, -0.1) is 0 Å². The standard InChI is InChI=1S/C25H24Cl2N2O5/c1-2-33-22-12-15(7-10-21(22)34-14-16-8-9-17(26)13-20(16)27)11-19-23(30)28-25(32)29(24(19)31)18-5-3-4-6-18/h7-13,18H,2-6,14H2,1H3,(H,28,30,32)/b19-11+. The Labute approximate surface area is 207 Å². The van der Waals surface area contributed by atoms with Crippen molar-refractivity contribution in [1.29, 1.82) is 0 Å². The molecule has 1 saturated heterocycles. The molecule has 1 aliphatic carbocycles. The topological polar surface area (TPSA) is 84.9 Å². The number of imide groups is 2. The number of halogens is 2. The van der Waals surface area contributed by atoms with Crippen molar-refractivity contribution in [2.75, 3.05) is 6.61 Å². The number of hydrogen-bond acceptors (Lipinski definition) is 5. The lowest BCUT2D eigenvalue weighted by atomic mass is 10.0. The summed E-state index contributed by atoms with van der Waals surface area (Å²) in [6.45, 7) is 2.44. The van der Waals surface area contributed by atoms with Crippen molar-refractivity contribution in [1.82, 2.24) is 10.2 Å². The normalized spacial score (nSPS) is 17.9. The van der Waals surface area contributed by atoms with E-state index in [1.165, 1.54) is 11.0 Å². The second-order valence-corrected chi connectivity index (χ2v) is 8.94.